The summed E-state index contributed by atoms with van der Waals surface area (Å²) in [5.41, 5.74) is 3.93. The molecule has 1 aromatic carbocycles. The van der Waals surface area contributed by atoms with Gasteiger partial charge in [-0.25, -0.2) is 4.79 Å². The first-order chi connectivity index (χ1) is 7.93. The molecule has 0 amide bonds. The fourth-order valence-electron chi connectivity index (χ4n) is 0.809. The van der Waals surface area contributed by atoms with Gasteiger partial charge in [0, 0.05) is 18.7 Å². The van der Waals surface area contributed by atoms with Gasteiger partial charge < -0.3 is 21.1 Å². The first-order valence-electron chi connectivity index (χ1n) is 4.45. The molecule has 0 spiro atoms. The Morgan fingerprint density at radius 2 is 2.00 bits per heavy atom. The molecule has 0 aliphatic carbocycles. The van der Waals surface area contributed by atoms with Crippen LogP contribution >= 0.6 is 0 Å². The van der Waals surface area contributed by atoms with Gasteiger partial charge in [-0.2, -0.15) is 0 Å². The summed E-state index contributed by atoms with van der Waals surface area (Å²) in [4.78, 5) is 19.9. The van der Waals surface area contributed by atoms with Crippen molar-refractivity contribution in [3.8, 4) is 5.75 Å². The number of nitro benzene ring substituents is 1. The van der Waals surface area contributed by atoms with Crippen molar-refractivity contribution in [2.24, 2.45) is 5.73 Å². The number of hydrogen-bond donors (Lipinski definition) is 4. The quantitative estimate of drug-likeness (QED) is 0.430. The molecule has 8 nitrogen and oxygen atoms in total. The van der Waals surface area contributed by atoms with E-state index in [1.54, 1.807) is 0 Å². The zero-order valence-electron chi connectivity index (χ0n) is 8.74. The van der Waals surface area contributed by atoms with Crippen LogP contribution in [0.5, 0.6) is 5.75 Å². The summed E-state index contributed by atoms with van der Waals surface area (Å²) in [6, 6.07) is 2.81. The highest BCUT2D eigenvalue weighted by atomic mass is 16.6. The third kappa shape index (κ3) is 4.91. The lowest BCUT2D eigenvalue weighted by atomic mass is 10.2. The van der Waals surface area contributed by atoms with Crippen LogP contribution in [-0.2, 0) is 0 Å². The predicted molar refractivity (Wildman–Crippen MR) is 57.9 cm³/mol. The zero-order chi connectivity index (χ0) is 13.4. The summed E-state index contributed by atoms with van der Waals surface area (Å²) in [6.07, 6.45) is 0. The molecule has 8 heteroatoms. The van der Waals surface area contributed by atoms with Gasteiger partial charge in [0.25, 0.3) is 5.69 Å². The molecule has 17 heavy (non-hydrogen) atoms. The Labute approximate surface area is 96.1 Å². The number of aliphatic hydroxyl groups is 1. The summed E-state index contributed by atoms with van der Waals surface area (Å²) >= 11 is 0. The maximum atomic E-state index is 10.4. The molecule has 0 bridgehead atoms. The monoisotopic (exact) mass is 244 g/mol. The van der Waals surface area contributed by atoms with Crippen molar-refractivity contribution < 1.29 is 25.0 Å². The molecule has 94 valence electrons. The number of carboxylic acids is 1. The van der Waals surface area contributed by atoms with Gasteiger partial charge in [0.1, 0.15) is 11.3 Å². The SMILES string of the molecule is NCCO.O=C(O)c1cc([N+](=O)[O-])ccc1O. The van der Waals surface area contributed by atoms with Crippen molar-refractivity contribution in [2.45, 2.75) is 0 Å². The van der Waals surface area contributed by atoms with Crippen LogP contribution in [0.3, 0.4) is 0 Å². The maximum absolute atomic E-state index is 10.4. The van der Waals surface area contributed by atoms with Crippen molar-refractivity contribution in [3.63, 3.8) is 0 Å². The Hall–Kier alpha value is -2.19. The highest BCUT2D eigenvalue weighted by Crippen LogP contribution is 2.22. The second-order valence-corrected chi connectivity index (χ2v) is 2.78. The third-order valence-corrected chi connectivity index (χ3v) is 1.55. The minimum atomic E-state index is -1.40. The first kappa shape index (κ1) is 14.8. The van der Waals surface area contributed by atoms with E-state index in [-0.39, 0.29) is 12.3 Å². The molecular formula is C9H12N2O6. The summed E-state index contributed by atoms with van der Waals surface area (Å²) in [5, 5.41) is 35.4. The van der Waals surface area contributed by atoms with Crippen molar-refractivity contribution in [1.29, 1.82) is 0 Å². The summed E-state index contributed by atoms with van der Waals surface area (Å²) in [6.45, 7) is 0.472. The van der Waals surface area contributed by atoms with E-state index in [1.165, 1.54) is 0 Å². The molecular weight excluding hydrogens is 232 g/mol. The topological polar surface area (TPSA) is 147 Å². The molecule has 5 N–H and O–H groups in total. The molecule has 1 aromatic rings. The fourth-order valence-corrected chi connectivity index (χ4v) is 0.809. The zero-order valence-corrected chi connectivity index (χ0v) is 8.74. The van der Waals surface area contributed by atoms with E-state index in [0.29, 0.717) is 6.54 Å². The molecule has 0 saturated heterocycles. The van der Waals surface area contributed by atoms with E-state index < -0.39 is 22.2 Å². The van der Waals surface area contributed by atoms with E-state index in [4.69, 9.17) is 21.1 Å². The largest absolute Gasteiger partial charge is 0.507 e. The van der Waals surface area contributed by atoms with Crippen molar-refractivity contribution in [2.75, 3.05) is 13.2 Å². The molecule has 0 heterocycles. The minimum Gasteiger partial charge on any atom is -0.507 e. The second kappa shape index (κ2) is 7.14. The molecule has 0 unspecified atom stereocenters. The first-order valence-corrected chi connectivity index (χ1v) is 4.45. The number of carbonyl (C=O) groups is 1. The number of non-ortho nitro benzene ring substituents is 1. The molecule has 0 atom stereocenters. The van der Waals surface area contributed by atoms with Crippen molar-refractivity contribution in [3.05, 3.63) is 33.9 Å². The number of phenols is 1. The maximum Gasteiger partial charge on any atom is 0.339 e. The number of nitrogens with two attached hydrogens (primary N) is 1. The van der Waals surface area contributed by atoms with E-state index in [2.05, 4.69) is 0 Å². The number of nitro groups is 1. The standard InChI is InChI=1S/C7H5NO5.C2H7NO/c9-6-2-1-4(8(12)13)3-5(6)7(10)11;3-1-2-4/h1-3,9H,(H,10,11);4H,1-3H2. The lowest BCUT2D eigenvalue weighted by Crippen LogP contribution is -2.02. The van der Waals surface area contributed by atoms with Crippen LogP contribution in [0.2, 0.25) is 0 Å². The van der Waals surface area contributed by atoms with Crippen LogP contribution in [0.1, 0.15) is 10.4 Å². The molecule has 0 aliphatic rings. The minimum absolute atomic E-state index is 0.0972. The lowest BCUT2D eigenvalue weighted by Gasteiger charge is -1.97. The average molecular weight is 244 g/mol. The Balaban J connectivity index is 0.000000557. The van der Waals surface area contributed by atoms with Crippen LogP contribution in [0, 0.1) is 10.1 Å². The van der Waals surface area contributed by atoms with Crippen LogP contribution in [-0.4, -0.2) is 39.4 Å². The molecule has 0 radical (unpaired) electrons. The van der Waals surface area contributed by atoms with Crippen LogP contribution < -0.4 is 5.73 Å². The van der Waals surface area contributed by atoms with Crippen LogP contribution in [0.25, 0.3) is 0 Å². The Kier molecular flexibility index (Phi) is 6.22. The normalized spacial score (nSPS) is 9.06. The van der Waals surface area contributed by atoms with E-state index in [9.17, 15) is 14.9 Å². The molecule has 0 fully saturated rings. The van der Waals surface area contributed by atoms with Gasteiger partial charge in [0.15, 0.2) is 0 Å². The smallest absolute Gasteiger partial charge is 0.339 e. The van der Waals surface area contributed by atoms with E-state index in [1.807, 2.05) is 0 Å². The van der Waals surface area contributed by atoms with Crippen molar-refractivity contribution in [1.82, 2.24) is 0 Å². The van der Waals surface area contributed by atoms with E-state index in [0.717, 1.165) is 18.2 Å². The van der Waals surface area contributed by atoms with Gasteiger partial charge >= 0.3 is 5.97 Å². The number of carboxylic acid groups (broad SMARTS) is 1. The summed E-state index contributed by atoms with van der Waals surface area (Å²) in [5.74, 6) is -1.89. The Bertz CT molecular complexity index is 404. The Morgan fingerprint density at radius 1 is 1.47 bits per heavy atom. The highest BCUT2D eigenvalue weighted by molar-refractivity contribution is 5.91. The third-order valence-electron chi connectivity index (χ3n) is 1.55. The number of aliphatic hydroxyl groups excluding tert-OH is 1. The fraction of sp³-hybridized carbons (Fsp3) is 0.222. The molecule has 1 rings (SSSR count). The number of rotatable bonds is 3. The van der Waals surface area contributed by atoms with Gasteiger partial charge in [-0.1, -0.05) is 0 Å². The Morgan fingerprint density at radius 3 is 2.35 bits per heavy atom. The summed E-state index contributed by atoms with van der Waals surface area (Å²) in [7, 11) is 0. The van der Waals surface area contributed by atoms with Crippen LogP contribution in [0.15, 0.2) is 18.2 Å². The number of hydrogen-bond acceptors (Lipinski definition) is 6. The van der Waals surface area contributed by atoms with Gasteiger partial charge in [-0.3, -0.25) is 10.1 Å². The number of aromatic carboxylic acids is 1. The number of benzene rings is 1. The van der Waals surface area contributed by atoms with E-state index >= 15 is 0 Å². The summed E-state index contributed by atoms with van der Waals surface area (Å²) < 4.78 is 0. The van der Waals surface area contributed by atoms with Crippen molar-refractivity contribution >= 4 is 11.7 Å². The molecule has 0 saturated carbocycles. The number of nitrogens with zero attached hydrogens (tertiary/aromatic N) is 1. The highest BCUT2D eigenvalue weighted by Gasteiger charge is 2.14. The van der Waals surface area contributed by atoms with Gasteiger partial charge in [0.05, 0.1) is 11.5 Å². The average Bonchev–Trinajstić information content (AvgIpc) is 2.29. The molecule has 0 aromatic heterocycles. The van der Waals surface area contributed by atoms with Gasteiger partial charge in [-0.15, -0.1) is 0 Å². The predicted octanol–water partition coefficient (Wildman–Crippen LogP) is -0.0640. The van der Waals surface area contributed by atoms with Gasteiger partial charge in [-0.05, 0) is 6.07 Å². The molecule has 0 aliphatic heterocycles. The second-order valence-electron chi connectivity index (χ2n) is 2.78. The van der Waals surface area contributed by atoms with Gasteiger partial charge in [0.2, 0.25) is 0 Å². The lowest BCUT2D eigenvalue weighted by molar-refractivity contribution is -0.384. The number of aromatic hydroxyl groups is 1. The van der Waals surface area contributed by atoms with Crippen LogP contribution in [0.4, 0.5) is 5.69 Å².